The second-order valence-corrected chi connectivity index (χ2v) is 5.63. The van der Waals surface area contributed by atoms with Crippen molar-refractivity contribution in [1.29, 1.82) is 0 Å². The Morgan fingerprint density at radius 1 is 1.50 bits per heavy atom. The number of carbonyl (C=O) groups excluding carboxylic acids is 2. The van der Waals surface area contributed by atoms with E-state index in [-0.39, 0.29) is 17.2 Å². The summed E-state index contributed by atoms with van der Waals surface area (Å²) in [6.07, 6.45) is 1.62. The summed E-state index contributed by atoms with van der Waals surface area (Å²) < 4.78 is 5.75. The number of nitrogens with one attached hydrogen (secondary N) is 1. The number of amides is 2. The zero-order valence-corrected chi connectivity index (χ0v) is 11.8. The smallest absolute Gasteiger partial charge is 0.267 e. The summed E-state index contributed by atoms with van der Waals surface area (Å²) in [6.45, 7) is 6.01. The minimum Gasteiger partial charge on any atom is -0.364 e. The number of anilines is 1. The number of nitrogens with zero attached hydrogens (tertiary/aromatic N) is 1. The molecule has 2 atom stereocenters. The molecule has 1 aromatic rings. The molecule has 0 saturated carbocycles. The Morgan fingerprint density at radius 2 is 2.20 bits per heavy atom. The largest absolute Gasteiger partial charge is 0.364 e. The SMILES string of the molecule is C[C@@H]1C[C@@H](C(=O)Nc2ccnc(C(N)=O)c2)OC1(C)C. The number of pyridine rings is 1. The molecule has 0 spiro atoms. The highest BCUT2D eigenvalue weighted by Crippen LogP contribution is 2.35. The first-order valence-corrected chi connectivity index (χ1v) is 6.54. The van der Waals surface area contributed by atoms with Crippen molar-refractivity contribution in [2.75, 3.05) is 5.32 Å². The van der Waals surface area contributed by atoms with E-state index >= 15 is 0 Å². The summed E-state index contributed by atoms with van der Waals surface area (Å²) in [6, 6.07) is 3.05. The second-order valence-electron chi connectivity index (χ2n) is 5.63. The van der Waals surface area contributed by atoms with Gasteiger partial charge in [0, 0.05) is 11.9 Å². The van der Waals surface area contributed by atoms with Crippen molar-refractivity contribution < 1.29 is 14.3 Å². The van der Waals surface area contributed by atoms with Crippen LogP contribution < -0.4 is 11.1 Å². The van der Waals surface area contributed by atoms with E-state index in [1.807, 2.05) is 13.8 Å². The lowest BCUT2D eigenvalue weighted by Crippen LogP contribution is -2.31. The molecular weight excluding hydrogens is 258 g/mol. The maximum absolute atomic E-state index is 12.2. The van der Waals surface area contributed by atoms with Gasteiger partial charge in [0.2, 0.25) is 0 Å². The molecule has 2 heterocycles. The van der Waals surface area contributed by atoms with Crippen molar-refractivity contribution in [2.45, 2.75) is 38.9 Å². The maximum atomic E-state index is 12.2. The quantitative estimate of drug-likeness (QED) is 0.871. The van der Waals surface area contributed by atoms with Gasteiger partial charge in [-0.1, -0.05) is 6.92 Å². The summed E-state index contributed by atoms with van der Waals surface area (Å²) >= 11 is 0. The summed E-state index contributed by atoms with van der Waals surface area (Å²) in [5.41, 5.74) is 5.44. The molecule has 20 heavy (non-hydrogen) atoms. The minimum absolute atomic E-state index is 0.115. The van der Waals surface area contributed by atoms with Crippen molar-refractivity contribution in [3.8, 4) is 0 Å². The fraction of sp³-hybridized carbons (Fsp3) is 0.500. The third kappa shape index (κ3) is 2.96. The van der Waals surface area contributed by atoms with Crippen LogP contribution in [0.25, 0.3) is 0 Å². The number of hydrogen-bond donors (Lipinski definition) is 2. The van der Waals surface area contributed by atoms with Crippen LogP contribution in [0, 0.1) is 5.92 Å². The minimum atomic E-state index is -0.632. The van der Waals surface area contributed by atoms with E-state index in [1.54, 1.807) is 6.07 Å². The molecule has 3 N–H and O–H groups in total. The molecule has 1 saturated heterocycles. The van der Waals surface area contributed by atoms with E-state index in [1.165, 1.54) is 12.3 Å². The van der Waals surface area contributed by atoms with Gasteiger partial charge in [0.05, 0.1) is 5.60 Å². The molecule has 1 fully saturated rings. The number of primary amides is 1. The van der Waals surface area contributed by atoms with E-state index in [4.69, 9.17) is 10.5 Å². The average molecular weight is 277 g/mol. The van der Waals surface area contributed by atoms with Crippen LogP contribution in [-0.2, 0) is 9.53 Å². The Balaban J connectivity index is 2.06. The molecule has 6 nitrogen and oxygen atoms in total. The fourth-order valence-electron chi connectivity index (χ4n) is 2.16. The normalized spacial score (nSPS) is 24.4. The molecule has 108 valence electrons. The van der Waals surface area contributed by atoms with Crippen LogP contribution in [0.3, 0.4) is 0 Å². The van der Waals surface area contributed by atoms with Gasteiger partial charge in [-0.05, 0) is 38.3 Å². The van der Waals surface area contributed by atoms with E-state index < -0.39 is 12.0 Å². The lowest BCUT2D eigenvalue weighted by molar-refractivity contribution is -0.130. The zero-order chi connectivity index (χ0) is 14.9. The molecular formula is C14H19N3O3. The Labute approximate surface area is 117 Å². The molecule has 1 aliphatic rings. The molecule has 2 rings (SSSR count). The van der Waals surface area contributed by atoms with Gasteiger partial charge in [-0.25, -0.2) is 0 Å². The Kier molecular flexibility index (Phi) is 3.76. The first kappa shape index (κ1) is 14.5. The third-order valence-corrected chi connectivity index (χ3v) is 3.77. The zero-order valence-electron chi connectivity index (χ0n) is 11.8. The molecule has 0 unspecified atom stereocenters. The van der Waals surface area contributed by atoms with Crippen molar-refractivity contribution >= 4 is 17.5 Å². The molecule has 0 aromatic carbocycles. The van der Waals surface area contributed by atoms with Crippen LogP contribution in [0.1, 0.15) is 37.7 Å². The average Bonchev–Trinajstić information content (AvgIpc) is 2.64. The molecule has 1 aliphatic heterocycles. The highest BCUT2D eigenvalue weighted by atomic mass is 16.5. The number of ether oxygens (including phenoxy) is 1. The Morgan fingerprint density at radius 3 is 2.75 bits per heavy atom. The standard InChI is InChI=1S/C14H19N3O3/c1-8-6-11(20-14(8,2)3)13(19)17-9-4-5-16-10(7-9)12(15)18/h4-5,7-8,11H,6H2,1-3H3,(H2,15,18)(H,16,17,19)/t8-,11+/m1/s1. The van der Waals surface area contributed by atoms with Crippen LogP contribution in [0.15, 0.2) is 18.3 Å². The van der Waals surface area contributed by atoms with Crippen LogP contribution in [0.4, 0.5) is 5.69 Å². The summed E-state index contributed by atoms with van der Waals surface area (Å²) in [5, 5.41) is 2.73. The first-order chi connectivity index (χ1) is 9.29. The number of nitrogens with two attached hydrogens (primary N) is 1. The molecule has 0 aliphatic carbocycles. The van der Waals surface area contributed by atoms with E-state index in [9.17, 15) is 9.59 Å². The van der Waals surface area contributed by atoms with Gasteiger partial charge in [-0.2, -0.15) is 0 Å². The molecule has 1 aromatic heterocycles. The Bertz CT molecular complexity index is 542. The van der Waals surface area contributed by atoms with E-state index in [0.717, 1.165) is 0 Å². The number of carbonyl (C=O) groups is 2. The monoisotopic (exact) mass is 277 g/mol. The van der Waals surface area contributed by atoms with Crippen molar-refractivity contribution in [1.82, 2.24) is 4.98 Å². The van der Waals surface area contributed by atoms with Crippen LogP contribution >= 0.6 is 0 Å². The van der Waals surface area contributed by atoms with Gasteiger partial charge in [-0.15, -0.1) is 0 Å². The summed E-state index contributed by atoms with van der Waals surface area (Å²) in [4.78, 5) is 27.0. The van der Waals surface area contributed by atoms with Gasteiger partial charge < -0.3 is 15.8 Å². The topological polar surface area (TPSA) is 94.3 Å². The first-order valence-electron chi connectivity index (χ1n) is 6.54. The third-order valence-electron chi connectivity index (χ3n) is 3.77. The predicted molar refractivity (Wildman–Crippen MR) is 74.1 cm³/mol. The number of hydrogen-bond acceptors (Lipinski definition) is 4. The van der Waals surface area contributed by atoms with Gasteiger partial charge in [0.15, 0.2) is 0 Å². The molecule has 0 bridgehead atoms. The predicted octanol–water partition coefficient (Wildman–Crippen LogP) is 1.32. The van der Waals surface area contributed by atoms with Crippen LogP contribution in [-0.4, -0.2) is 28.5 Å². The maximum Gasteiger partial charge on any atom is 0.267 e. The van der Waals surface area contributed by atoms with Gasteiger partial charge >= 0.3 is 0 Å². The van der Waals surface area contributed by atoms with E-state index in [2.05, 4.69) is 17.2 Å². The highest BCUT2D eigenvalue weighted by Gasteiger charge is 2.41. The van der Waals surface area contributed by atoms with Gasteiger partial charge in [0.25, 0.3) is 11.8 Å². The van der Waals surface area contributed by atoms with Gasteiger partial charge in [0.1, 0.15) is 11.8 Å². The summed E-state index contributed by atoms with van der Waals surface area (Å²) in [7, 11) is 0. The number of rotatable bonds is 3. The van der Waals surface area contributed by atoms with Crippen molar-refractivity contribution in [2.24, 2.45) is 11.7 Å². The fourth-order valence-corrected chi connectivity index (χ4v) is 2.16. The molecule has 6 heteroatoms. The van der Waals surface area contributed by atoms with Crippen LogP contribution in [0.2, 0.25) is 0 Å². The lowest BCUT2D eigenvalue weighted by Gasteiger charge is -2.22. The second kappa shape index (κ2) is 5.20. The van der Waals surface area contributed by atoms with Crippen molar-refractivity contribution in [3.05, 3.63) is 24.0 Å². The lowest BCUT2D eigenvalue weighted by atomic mass is 9.92. The van der Waals surface area contributed by atoms with Crippen molar-refractivity contribution in [3.63, 3.8) is 0 Å². The van der Waals surface area contributed by atoms with Gasteiger partial charge in [-0.3, -0.25) is 14.6 Å². The molecule has 2 amide bonds. The van der Waals surface area contributed by atoms with E-state index in [0.29, 0.717) is 18.0 Å². The Hall–Kier alpha value is -1.95. The molecule has 0 radical (unpaired) electrons. The van der Waals surface area contributed by atoms with Crippen LogP contribution in [0.5, 0.6) is 0 Å². The highest BCUT2D eigenvalue weighted by molar-refractivity contribution is 5.96. The number of aromatic nitrogens is 1. The summed E-state index contributed by atoms with van der Waals surface area (Å²) in [5.74, 6) is -0.547.